The molecule has 0 saturated heterocycles. The van der Waals surface area contributed by atoms with Crippen LogP contribution in [0.25, 0.3) is 10.2 Å². The highest BCUT2D eigenvalue weighted by atomic mass is 35.5. The van der Waals surface area contributed by atoms with Crippen LogP contribution in [0.3, 0.4) is 0 Å². The van der Waals surface area contributed by atoms with E-state index in [2.05, 4.69) is 11.9 Å². The van der Waals surface area contributed by atoms with Gasteiger partial charge in [-0.1, -0.05) is 53.9 Å². The third-order valence-electron chi connectivity index (χ3n) is 4.26. The summed E-state index contributed by atoms with van der Waals surface area (Å²) in [5, 5.41) is 1.05. The van der Waals surface area contributed by atoms with Crippen LogP contribution in [-0.2, 0) is 11.3 Å². The molecule has 3 rings (SSSR count). The number of nitrogens with zero attached hydrogens (tertiary/aromatic N) is 2. The molecule has 3 aromatic rings. The summed E-state index contributed by atoms with van der Waals surface area (Å²) in [5.41, 5.74) is 1.26. The number of carbonyl (C=O) groups excluding carboxylic acids is 1. The first kappa shape index (κ1) is 21.8. The molecule has 0 spiro atoms. The summed E-state index contributed by atoms with van der Waals surface area (Å²) in [6.45, 7) is 3.71. The zero-order valence-corrected chi connectivity index (χ0v) is 18.6. The van der Waals surface area contributed by atoms with Crippen LogP contribution in [0.1, 0.15) is 30.1 Å². The average molecular weight is 453 g/mol. The van der Waals surface area contributed by atoms with Crippen LogP contribution < -0.4 is 9.54 Å². The van der Waals surface area contributed by atoms with Crippen molar-refractivity contribution in [2.75, 3.05) is 20.3 Å². The van der Waals surface area contributed by atoms with Gasteiger partial charge >= 0.3 is 0 Å². The Balaban J connectivity index is 2.00. The minimum Gasteiger partial charge on any atom is -0.494 e. The van der Waals surface area contributed by atoms with E-state index in [0.29, 0.717) is 45.9 Å². The van der Waals surface area contributed by atoms with Crippen LogP contribution in [0.5, 0.6) is 5.75 Å². The van der Waals surface area contributed by atoms with Crippen molar-refractivity contribution in [1.82, 2.24) is 4.57 Å². The van der Waals surface area contributed by atoms with Gasteiger partial charge in [-0.15, -0.1) is 0 Å². The normalized spacial score (nSPS) is 11.9. The fourth-order valence-corrected chi connectivity index (χ4v) is 4.65. The van der Waals surface area contributed by atoms with Crippen molar-refractivity contribution in [3.8, 4) is 5.75 Å². The minimum absolute atomic E-state index is 0.342. The number of amides is 1. The molecule has 29 heavy (non-hydrogen) atoms. The third kappa shape index (κ3) is 5.39. The van der Waals surface area contributed by atoms with Crippen molar-refractivity contribution < 1.29 is 14.3 Å². The molecule has 5 nitrogen and oxygen atoms in total. The van der Waals surface area contributed by atoms with Gasteiger partial charge in [-0.3, -0.25) is 4.79 Å². The van der Waals surface area contributed by atoms with E-state index in [4.69, 9.17) is 32.7 Å². The molecule has 0 N–H and O–H groups in total. The molecule has 2 aromatic carbocycles. The van der Waals surface area contributed by atoms with E-state index >= 15 is 0 Å². The van der Waals surface area contributed by atoms with Gasteiger partial charge in [0.15, 0.2) is 4.80 Å². The van der Waals surface area contributed by atoms with E-state index in [0.717, 1.165) is 23.1 Å². The molecule has 154 valence electrons. The summed E-state index contributed by atoms with van der Waals surface area (Å²) in [7, 11) is 1.62. The number of thiazole rings is 1. The van der Waals surface area contributed by atoms with Crippen LogP contribution in [0.4, 0.5) is 0 Å². The predicted octanol–water partition coefficient (Wildman–Crippen LogP) is 5.58. The monoisotopic (exact) mass is 452 g/mol. The molecular weight excluding hydrogens is 431 g/mol. The molecular formula is C21H22Cl2N2O3S. The number of halogens is 2. The fraction of sp³-hybridized carbons (Fsp3) is 0.333. The van der Waals surface area contributed by atoms with Crippen molar-refractivity contribution in [2.24, 2.45) is 4.99 Å². The van der Waals surface area contributed by atoms with E-state index in [1.54, 1.807) is 31.4 Å². The molecule has 0 saturated carbocycles. The molecule has 0 atom stereocenters. The lowest BCUT2D eigenvalue weighted by Gasteiger charge is -2.07. The van der Waals surface area contributed by atoms with Crippen molar-refractivity contribution >= 4 is 50.7 Å². The number of carbonyl (C=O) groups is 1. The van der Waals surface area contributed by atoms with Crippen LogP contribution in [0, 0.1) is 0 Å². The number of fused-ring (bicyclic) bond motifs is 1. The van der Waals surface area contributed by atoms with Crippen LogP contribution in [0.15, 0.2) is 41.4 Å². The largest absolute Gasteiger partial charge is 0.494 e. The van der Waals surface area contributed by atoms with Gasteiger partial charge in [-0.25, -0.2) is 0 Å². The molecule has 1 amide bonds. The number of rotatable bonds is 8. The zero-order valence-electron chi connectivity index (χ0n) is 16.3. The van der Waals surface area contributed by atoms with Crippen LogP contribution >= 0.6 is 34.5 Å². The molecule has 8 heteroatoms. The average Bonchev–Trinajstić information content (AvgIpc) is 3.03. The van der Waals surface area contributed by atoms with E-state index in [1.165, 1.54) is 11.3 Å². The number of unbranched alkanes of at least 4 members (excludes halogenated alkanes) is 1. The van der Waals surface area contributed by atoms with Crippen LogP contribution in [0.2, 0.25) is 10.0 Å². The van der Waals surface area contributed by atoms with Gasteiger partial charge in [0.05, 0.1) is 28.5 Å². The summed E-state index contributed by atoms with van der Waals surface area (Å²) < 4.78 is 13.7. The lowest BCUT2D eigenvalue weighted by atomic mass is 10.2. The summed E-state index contributed by atoms with van der Waals surface area (Å²) in [5.74, 6) is 0.323. The number of aromatic nitrogens is 1. The second-order valence-electron chi connectivity index (χ2n) is 6.41. The van der Waals surface area contributed by atoms with E-state index in [-0.39, 0.29) is 5.91 Å². The quantitative estimate of drug-likeness (QED) is 0.419. The Bertz CT molecular complexity index is 1080. The summed E-state index contributed by atoms with van der Waals surface area (Å²) in [4.78, 5) is 17.7. The van der Waals surface area contributed by atoms with Gasteiger partial charge < -0.3 is 14.0 Å². The van der Waals surface area contributed by atoms with E-state index in [1.807, 2.05) is 16.7 Å². The molecule has 0 aliphatic heterocycles. The van der Waals surface area contributed by atoms with Gasteiger partial charge in [0.1, 0.15) is 5.75 Å². The Kier molecular flexibility index (Phi) is 7.72. The third-order valence-corrected chi connectivity index (χ3v) is 5.79. The van der Waals surface area contributed by atoms with Crippen molar-refractivity contribution in [3.05, 3.63) is 56.8 Å². The molecule has 1 aromatic heterocycles. The van der Waals surface area contributed by atoms with Gasteiger partial charge in [0.2, 0.25) is 0 Å². The van der Waals surface area contributed by atoms with E-state index < -0.39 is 0 Å². The first-order valence-electron chi connectivity index (χ1n) is 9.32. The Hall–Kier alpha value is -1.86. The van der Waals surface area contributed by atoms with Gasteiger partial charge in [0.25, 0.3) is 5.91 Å². The highest BCUT2D eigenvalue weighted by molar-refractivity contribution is 7.16. The minimum atomic E-state index is -0.342. The Morgan fingerprint density at radius 3 is 2.79 bits per heavy atom. The second-order valence-corrected chi connectivity index (χ2v) is 8.26. The Labute approximate surface area is 183 Å². The van der Waals surface area contributed by atoms with Gasteiger partial charge in [-0.05, 0) is 36.8 Å². The van der Waals surface area contributed by atoms with Crippen molar-refractivity contribution in [2.45, 2.75) is 26.3 Å². The zero-order chi connectivity index (χ0) is 20.8. The smallest absolute Gasteiger partial charge is 0.279 e. The maximum Gasteiger partial charge on any atom is 0.279 e. The maximum atomic E-state index is 12.8. The van der Waals surface area contributed by atoms with Gasteiger partial charge in [-0.2, -0.15) is 4.99 Å². The predicted molar refractivity (Wildman–Crippen MR) is 118 cm³/mol. The second kappa shape index (κ2) is 10.3. The molecule has 1 heterocycles. The highest BCUT2D eigenvalue weighted by Crippen LogP contribution is 2.29. The fourth-order valence-electron chi connectivity index (χ4n) is 2.81. The number of hydrogen-bond acceptors (Lipinski definition) is 4. The summed E-state index contributed by atoms with van der Waals surface area (Å²) in [6, 6.07) is 10.6. The van der Waals surface area contributed by atoms with Crippen molar-refractivity contribution in [3.63, 3.8) is 0 Å². The topological polar surface area (TPSA) is 52.8 Å². The van der Waals surface area contributed by atoms with Crippen molar-refractivity contribution in [1.29, 1.82) is 0 Å². The molecule has 0 bridgehead atoms. The molecule has 0 unspecified atom stereocenters. The first-order chi connectivity index (χ1) is 14.0. The number of benzene rings is 2. The number of hydrogen-bond donors (Lipinski definition) is 0. The SMILES string of the molecule is CCCCOc1cccc(C(=O)N=c2sc3cc(Cl)cc(Cl)c3n2CCOC)c1. The summed E-state index contributed by atoms with van der Waals surface area (Å²) in [6.07, 6.45) is 2.01. The standard InChI is InChI=1S/C21H22Cl2N2O3S/c1-3-4-9-28-16-7-5-6-14(11-16)20(26)24-21-25(8-10-27-2)19-17(23)12-15(22)13-18(19)29-21/h5-7,11-13H,3-4,8-10H2,1-2H3. The molecule has 0 radical (unpaired) electrons. The number of ether oxygens (including phenoxy) is 2. The number of methoxy groups -OCH3 is 1. The van der Waals surface area contributed by atoms with Gasteiger partial charge in [0, 0.05) is 24.2 Å². The Morgan fingerprint density at radius 1 is 1.21 bits per heavy atom. The lowest BCUT2D eigenvalue weighted by Crippen LogP contribution is -2.19. The maximum absolute atomic E-state index is 12.8. The molecule has 0 aliphatic carbocycles. The van der Waals surface area contributed by atoms with Crippen LogP contribution in [-0.4, -0.2) is 30.8 Å². The lowest BCUT2D eigenvalue weighted by molar-refractivity contribution is 0.0997. The Morgan fingerprint density at radius 2 is 2.03 bits per heavy atom. The highest BCUT2D eigenvalue weighted by Gasteiger charge is 2.13. The van der Waals surface area contributed by atoms with E-state index in [9.17, 15) is 4.79 Å². The molecule has 0 aliphatic rings. The summed E-state index contributed by atoms with van der Waals surface area (Å²) >= 11 is 13.9. The first-order valence-corrected chi connectivity index (χ1v) is 10.9. The molecule has 0 fully saturated rings.